The summed E-state index contributed by atoms with van der Waals surface area (Å²) in [4.78, 5) is 12.1. The quantitative estimate of drug-likeness (QED) is 0.543. The summed E-state index contributed by atoms with van der Waals surface area (Å²) in [6.45, 7) is 2.18. The van der Waals surface area contributed by atoms with Crippen molar-refractivity contribution < 1.29 is 9.90 Å². The number of unbranched alkanes of at least 4 members (excludes halogenated alkanes) is 4. The van der Waals surface area contributed by atoms with Crippen molar-refractivity contribution in [3.8, 4) is 0 Å². The van der Waals surface area contributed by atoms with Crippen LogP contribution in [0.1, 0.15) is 50.3 Å². The first-order chi connectivity index (χ1) is 8.24. The Balaban J connectivity index is 2.42. The number of rotatable bonds is 8. The Hall–Kier alpha value is -1.09. The Morgan fingerprint density at radius 3 is 2.71 bits per heavy atom. The second-order valence-electron chi connectivity index (χ2n) is 4.15. The summed E-state index contributed by atoms with van der Waals surface area (Å²) in [5, 5.41) is 11.1. The van der Waals surface area contributed by atoms with Crippen LogP contribution in [-0.4, -0.2) is 11.1 Å². The van der Waals surface area contributed by atoms with E-state index in [2.05, 4.69) is 6.92 Å². The molecular formula is C14H20O2S. The van der Waals surface area contributed by atoms with Gasteiger partial charge < -0.3 is 5.11 Å². The molecule has 0 unspecified atom stereocenters. The molecule has 0 aliphatic carbocycles. The van der Waals surface area contributed by atoms with Crippen molar-refractivity contribution in [3.63, 3.8) is 0 Å². The third-order valence-corrected chi connectivity index (χ3v) is 3.50. The van der Waals surface area contributed by atoms with Crippen LogP contribution in [0.2, 0.25) is 0 Å². The van der Waals surface area contributed by atoms with Gasteiger partial charge in [-0.05, 0) is 30.4 Å². The Labute approximate surface area is 107 Å². The van der Waals surface area contributed by atoms with E-state index in [1.165, 1.54) is 19.3 Å². The molecule has 0 spiro atoms. The molecule has 3 heteroatoms. The molecule has 17 heavy (non-hydrogen) atoms. The number of hydrogen-bond donors (Lipinski definition) is 1. The molecule has 1 heterocycles. The van der Waals surface area contributed by atoms with E-state index in [9.17, 15) is 4.79 Å². The van der Waals surface area contributed by atoms with Crippen molar-refractivity contribution >= 4 is 23.4 Å². The lowest BCUT2D eigenvalue weighted by Gasteiger charge is -2.02. The summed E-state index contributed by atoms with van der Waals surface area (Å²) in [6, 6.07) is 3.89. The number of carboxylic acid groups (broad SMARTS) is 1. The van der Waals surface area contributed by atoms with E-state index in [4.69, 9.17) is 5.11 Å². The highest BCUT2D eigenvalue weighted by Crippen LogP contribution is 2.18. The summed E-state index contributed by atoms with van der Waals surface area (Å²) in [7, 11) is 0. The summed E-state index contributed by atoms with van der Waals surface area (Å²) in [6.07, 6.45) is 8.26. The van der Waals surface area contributed by atoms with Crippen molar-refractivity contribution in [3.05, 3.63) is 28.0 Å². The van der Waals surface area contributed by atoms with Gasteiger partial charge in [-0.2, -0.15) is 0 Å². The van der Waals surface area contributed by atoms with E-state index in [-0.39, 0.29) is 0 Å². The molecule has 0 aliphatic heterocycles. The summed E-state index contributed by atoms with van der Waals surface area (Å²) in [5.41, 5.74) is 0.531. The van der Waals surface area contributed by atoms with E-state index >= 15 is 0 Å². The summed E-state index contributed by atoms with van der Waals surface area (Å²) >= 11 is 1.58. The fraction of sp³-hybridized carbons (Fsp3) is 0.500. The van der Waals surface area contributed by atoms with Crippen LogP contribution >= 0.6 is 11.3 Å². The Kier molecular flexibility index (Phi) is 6.63. The van der Waals surface area contributed by atoms with Crippen LogP contribution in [-0.2, 0) is 4.79 Å². The first kappa shape index (κ1) is 14.0. The van der Waals surface area contributed by atoms with Crippen LogP contribution in [0.5, 0.6) is 0 Å². The molecule has 1 aromatic heterocycles. The zero-order valence-corrected chi connectivity index (χ0v) is 11.1. The largest absolute Gasteiger partial charge is 0.478 e. The van der Waals surface area contributed by atoms with Crippen molar-refractivity contribution in [2.45, 2.75) is 45.4 Å². The minimum absolute atomic E-state index is 0.531. The fourth-order valence-electron chi connectivity index (χ4n) is 1.70. The minimum atomic E-state index is -0.783. The zero-order chi connectivity index (χ0) is 12.5. The van der Waals surface area contributed by atoms with E-state index in [1.807, 2.05) is 17.5 Å². The van der Waals surface area contributed by atoms with Crippen molar-refractivity contribution in [1.29, 1.82) is 0 Å². The maximum atomic E-state index is 11.1. The predicted molar refractivity (Wildman–Crippen MR) is 73.3 cm³/mol. The summed E-state index contributed by atoms with van der Waals surface area (Å²) < 4.78 is 0. The van der Waals surface area contributed by atoms with Gasteiger partial charge in [-0.15, -0.1) is 11.3 Å². The van der Waals surface area contributed by atoms with Crippen molar-refractivity contribution in [1.82, 2.24) is 0 Å². The van der Waals surface area contributed by atoms with Gasteiger partial charge in [0.25, 0.3) is 0 Å². The third-order valence-electron chi connectivity index (χ3n) is 2.68. The Bertz CT molecular complexity index is 352. The van der Waals surface area contributed by atoms with Crippen LogP contribution in [0.4, 0.5) is 0 Å². The maximum Gasteiger partial charge on any atom is 0.331 e. The van der Waals surface area contributed by atoms with Crippen LogP contribution in [0.15, 0.2) is 23.1 Å². The van der Waals surface area contributed by atoms with Crippen LogP contribution in [0, 0.1) is 0 Å². The van der Waals surface area contributed by atoms with Crippen molar-refractivity contribution in [2.24, 2.45) is 0 Å². The zero-order valence-electron chi connectivity index (χ0n) is 10.3. The van der Waals surface area contributed by atoms with Gasteiger partial charge in [0.15, 0.2) is 0 Å². The van der Waals surface area contributed by atoms with Gasteiger partial charge >= 0.3 is 5.97 Å². The highest BCUT2D eigenvalue weighted by atomic mass is 32.1. The molecule has 0 aromatic carbocycles. The molecular weight excluding hydrogens is 232 g/mol. The van der Waals surface area contributed by atoms with Gasteiger partial charge in [-0.25, -0.2) is 4.79 Å². The van der Waals surface area contributed by atoms with Crippen LogP contribution in [0.25, 0.3) is 6.08 Å². The van der Waals surface area contributed by atoms with E-state index in [0.717, 1.165) is 17.7 Å². The average Bonchev–Trinajstić information content (AvgIpc) is 2.79. The lowest BCUT2D eigenvalue weighted by atomic mass is 10.1. The van der Waals surface area contributed by atoms with Gasteiger partial charge in [0.2, 0.25) is 0 Å². The maximum absolute atomic E-state index is 11.1. The average molecular weight is 252 g/mol. The Morgan fingerprint density at radius 1 is 1.35 bits per heavy atom. The van der Waals surface area contributed by atoms with Gasteiger partial charge in [-0.1, -0.05) is 38.7 Å². The van der Waals surface area contributed by atoms with Crippen LogP contribution in [0.3, 0.4) is 0 Å². The molecule has 1 aromatic rings. The lowest BCUT2D eigenvalue weighted by Crippen LogP contribution is -2.00. The fourth-order valence-corrected chi connectivity index (χ4v) is 2.39. The highest BCUT2D eigenvalue weighted by molar-refractivity contribution is 7.10. The van der Waals surface area contributed by atoms with Gasteiger partial charge in [0, 0.05) is 10.5 Å². The SMILES string of the molecule is CCCCCCCC(=Cc1cccs1)C(=O)O. The minimum Gasteiger partial charge on any atom is -0.478 e. The highest BCUT2D eigenvalue weighted by Gasteiger charge is 2.07. The molecule has 2 nitrogen and oxygen atoms in total. The number of carboxylic acids is 1. The number of thiophene rings is 1. The number of aliphatic carboxylic acids is 1. The monoisotopic (exact) mass is 252 g/mol. The number of carbonyl (C=O) groups is 1. The number of hydrogen-bond acceptors (Lipinski definition) is 2. The standard InChI is InChI=1S/C14H20O2S/c1-2-3-4-5-6-8-12(14(15)16)11-13-9-7-10-17-13/h7,9-11H,2-6,8H2,1H3,(H,15,16). The molecule has 1 N–H and O–H groups in total. The van der Waals surface area contributed by atoms with E-state index in [1.54, 1.807) is 17.4 Å². The normalized spacial score (nSPS) is 11.7. The topological polar surface area (TPSA) is 37.3 Å². The van der Waals surface area contributed by atoms with E-state index < -0.39 is 5.97 Å². The molecule has 0 amide bonds. The Morgan fingerprint density at radius 2 is 2.12 bits per heavy atom. The smallest absolute Gasteiger partial charge is 0.331 e. The van der Waals surface area contributed by atoms with Gasteiger partial charge in [-0.3, -0.25) is 0 Å². The predicted octanol–water partition coefficient (Wildman–Crippen LogP) is 4.58. The molecule has 0 bridgehead atoms. The second-order valence-corrected chi connectivity index (χ2v) is 5.13. The molecule has 0 saturated heterocycles. The molecule has 1 rings (SSSR count). The molecule has 0 aliphatic rings. The van der Waals surface area contributed by atoms with Crippen molar-refractivity contribution in [2.75, 3.05) is 0 Å². The first-order valence-electron chi connectivity index (χ1n) is 6.21. The van der Waals surface area contributed by atoms with Gasteiger partial charge in [0.1, 0.15) is 0 Å². The molecule has 0 radical (unpaired) electrons. The molecule has 0 saturated carbocycles. The molecule has 0 fully saturated rings. The molecule has 94 valence electrons. The first-order valence-corrected chi connectivity index (χ1v) is 7.09. The summed E-state index contributed by atoms with van der Waals surface area (Å²) in [5.74, 6) is -0.783. The lowest BCUT2D eigenvalue weighted by molar-refractivity contribution is -0.132. The van der Waals surface area contributed by atoms with E-state index in [0.29, 0.717) is 12.0 Å². The molecule has 0 atom stereocenters. The van der Waals surface area contributed by atoms with Gasteiger partial charge in [0.05, 0.1) is 0 Å². The second kappa shape index (κ2) is 8.07. The third kappa shape index (κ3) is 5.68. The van der Waals surface area contributed by atoms with Crippen LogP contribution < -0.4 is 0 Å².